The number of hydrogen-bond donors (Lipinski definition) is 2. The molecule has 0 atom stereocenters. The van der Waals surface area contributed by atoms with Gasteiger partial charge in [0.1, 0.15) is 5.69 Å². The lowest BCUT2D eigenvalue weighted by atomic mass is 9.75. The molecule has 7 nitrogen and oxygen atoms in total. The van der Waals surface area contributed by atoms with Gasteiger partial charge in [-0.05, 0) is 33.4 Å². The first-order valence-corrected chi connectivity index (χ1v) is 6.70. The molecule has 1 aromatic heterocycles. The van der Waals surface area contributed by atoms with Crippen LogP contribution >= 0.6 is 0 Å². The van der Waals surface area contributed by atoms with Gasteiger partial charge in [0, 0.05) is 19.1 Å². The van der Waals surface area contributed by atoms with Gasteiger partial charge < -0.3 is 15.2 Å². The maximum Gasteiger partial charge on any atom is 0.273 e. The SMILES string of the molecule is CN(CC1(N(C)C)CCC1)C(=O)c1cnc(NN)cn1. The fraction of sp³-hybridized carbons (Fsp3) is 0.615. The van der Waals surface area contributed by atoms with Crippen molar-refractivity contribution in [3.05, 3.63) is 18.1 Å². The third kappa shape index (κ3) is 2.73. The predicted molar refractivity (Wildman–Crippen MR) is 77.1 cm³/mol. The van der Waals surface area contributed by atoms with E-state index in [0.717, 1.165) is 12.8 Å². The molecule has 0 spiro atoms. The number of rotatable bonds is 5. The summed E-state index contributed by atoms with van der Waals surface area (Å²) in [6.07, 6.45) is 6.36. The van der Waals surface area contributed by atoms with Crippen LogP contribution in [-0.4, -0.2) is 58.9 Å². The van der Waals surface area contributed by atoms with Crippen LogP contribution < -0.4 is 11.3 Å². The van der Waals surface area contributed by atoms with Crippen LogP contribution in [0.3, 0.4) is 0 Å². The summed E-state index contributed by atoms with van der Waals surface area (Å²) in [6.45, 7) is 0.706. The van der Waals surface area contributed by atoms with E-state index in [1.807, 2.05) is 7.05 Å². The van der Waals surface area contributed by atoms with Crippen molar-refractivity contribution in [2.45, 2.75) is 24.8 Å². The van der Waals surface area contributed by atoms with E-state index in [-0.39, 0.29) is 11.4 Å². The van der Waals surface area contributed by atoms with E-state index >= 15 is 0 Å². The third-order valence-corrected chi connectivity index (χ3v) is 4.13. The maximum atomic E-state index is 12.3. The van der Waals surface area contributed by atoms with Gasteiger partial charge in [-0.2, -0.15) is 0 Å². The molecule has 110 valence electrons. The molecule has 0 bridgehead atoms. The highest BCUT2D eigenvalue weighted by Gasteiger charge is 2.40. The number of nitrogens with one attached hydrogen (secondary N) is 1. The molecule has 0 aromatic carbocycles. The van der Waals surface area contributed by atoms with Gasteiger partial charge in [0.05, 0.1) is 12.4 Å². The molecule has 3 N–H and O–H groups in total. The fourth-order valence-electron chi connectivity index (χ4n) is 2.55. The molecule has 0 unspecified atom stereocenters. The molecule has 1 aliphatic carbocycles. The number of nitrogens with two attached hydrogens (primary N) is 1. The first kappa shape index (κ1) is 14.7. The first-order chi connectivity index (χ1) is 9.48. The van der Waals surface area contributed by atoms with E-state index in [2.05, 4.69) is 34.4 Å². The predicted octanol–water partition coefficient (Wildman–Crippen LogP) is 0.319. The van der Waals surface area contributed by atoms with Crippen molar-refractivity contribution >= 4 is 11.7 Å². The van der Waals surface area contributed by atoms with Crippen LogP contribution in [0.15, 0.2) is 12.4 Å². The second-order valence-corrected chi connectivity index (χ2v) is 5.56. The van der Waals surface area contributed by atoms with Gasteiger partial charge >= 0.3 is 0 Å². The smallest absolute Gasteiger partial charge is 0.273 e. The zero-order valence-electron chi connectivity index (χ0n) is 12.3. The van der Waals surface area contributed by atoms with Gasteiger partial charge in [0.15, 0.2) is 5.82 Å². The molecule has 2 rings (SSSR count). The fourth-order valence-corrected chi connectivity index (χ4v) is 2.55. The van der Waals surface area contributed by atoms with Crippen molar-refractivity contribution in [2.75, 3.05) is 33.1 Å². The van der Waals surface area contributed by atoms with Gasteiger partial charge in [-0.3, -0.25) is 4.79 Å². The molecular weight excluding hydrogens is 256 g/mol. The molecule has 1 fully saturated rings. The maximum absolute atomic E-state index is 12.3. The summed E-state index contributed by atoms with van der Waals surface area (Å²) in [5, 5.41) is 0. The van der Waals surface area contributed by atoms with E-state index in [9.17, 15) is 4.79 Å². The highest BCUT2D eigenvalue weighted by atomic mass is 16.2. The standard InChI is InChI=1S/C13H22N6O/c1-18(2)13(5-4-6-13)9-19(3)12(20)10-7-16-11(17-14)8-15-10/h7-8H,4-6,9,14H2,1-3H3,(H,16,17). The summed E-state index contributed by atoms with van der Waals surface area (Å²) in [5.41, 5.74) is 2.83. The average molecular weight is 278 g/mol. The Kier molecular flexibility index (Phi) is 4.20. The lowest BCUT2D eigenvalue weighted by Crippen LogP contribution is -2.57. The molecule has 0 aliphatic heterocycles. The normalized spacial score (nSPS) is 16.6. The average Bonchev–Trinajstić information content (AvgIpc) is 2.41. The molecular formula is C13H22N6O. The number of hydrogen-bond acceptors (Lipinski definition) is 6. The third-order valence-electron chi connectivity index (χ3n) is 4.13. The number of anilines is 1. The second kappa shape index (κ2) is 5.72. The zero-order chi connectivity index (χ0) is 14.8. The van der Waals surface area contributed by atoms with Gasteiger partial charge in [-0.15, -0.1) is 0 Å². The van der Waals surface area contributed by atoms with E-state index < -0.39 is 0 Å². The summed E-state index contributed by atoms with van der Waals surface area (Å²) in [4.78, 5) is 24.4. The Balaban J connectivity index is 2.04. The number of carbonyl (C=O) groups excluding carboxylic acids is 1. The Labute approximate surface area is 119 Å². The van der Waals surface area contributed by atoms with Crippen molar-refractivity contribution in [3.63, 3.8) is 0 Å². The molecule has 0 radical (unpaired) electrons. The molecule has 20 heavy (non-hydrogen) atoms. The number of amides is 1. The summed E-state index contributed by atoms with van der Waals surface area (Å²) in [7, 11) is 5.95. The highest BCUT2D eigenvalue weighted by Crippen LogP contribution is 2.36. The number of carbonyl (C=O) groups is 1. The van der Waals surface area contributed by atoms with Crippen molar-refractivity contribution in [1.82, 2.24) is 19.8 Å². The molecule has 1 aliphatic rings. The van der Waals surface area contributed by atoms with Crippen molar-refractivity contribution in [2.24, 2.45) is 5.84 Å². The van der Waals surface area contributed by atoms with Gasteiger partial charge in [-0.25, -0.2) is 15.8 Å². The van der Waals surface area contributed by atoms with Crippen LogP contribution in [0.25, 0.3) is 0 Å². The Bertz CT molecular complexity index is 468. The Hall–Kier alpha value is -1.73. The zero-order valence-corrected chi connectivity index (χ0v) is 12.3. The largest absolute Gasteiger partial charge is 0.338 e. The monoisotopic (exact) mass is 278 g/mol. The van der Waals surface area contributed by atoms with Crippen LogP contribution in [0.2, 0.25) is 0 Å². The summed E-state index contributed by atoms with van der Waals surface area (Å²) < 4.78 is 0. The lowest BCUT2D eigenvalue weighted by Gasteiger charge is -2.49. The molecule has 1 saturated carbocycles. The first-order valence-electron chi connectivity index (χ1n) is 6.70. The van der Waals surface area contributed by atoms with Crippen LogP contribution in [0.4, 0.5) is 5.82 Å². The number of aromatic nitrogens is 2. The number of likely N-dealkylation sites (N-methyl/N-ethyl adjacent to an activating group) is 2. The van der Waals surface area contributed by atoms with Crippen LogP contribution in [0.5, 0.6) is 0 Å². The molecule has 0 saturated heterocycles. The van der Waals surface area contributed by atoms with Crippen LogP contribution in [0, 0.1) is 0 Å². The van der Waals surface area contributed by atoms with Crippen LogP contribution in [-0.2, 0) is 0 Å². The minimum absolute atomic E-state index is 0.108. The Morgan fingerprint density at radius 3 is 2.45 bits per heavy atom. The van der Waals surface area contributed by atoms with Crippen LogP contribution in [0.1, 0.15) is 29.8 Å². The van der Waals surface area contributed by atoms with Crippen molar-refractivity contribution in [3.8, 4) is 0 Å². The quantitative estimate of drug-likeness (QED) is 0.596. The summed E-state index contributed by atoms with van der Waals surface area (Å²) in [6, 6.07) is 0. The Morgan fingerprint density at radius 2 is 2.05 bits per heavy atom. The Morgan fingerprint density at radius 1 is 1.35 bits per heavy atom. The molecule has 7 heteroatoms. The molecule has 1 heterocycles. The summed E-state index contributed by atoms with van der Waals surface area (Å²) in [5.74, 6) is 5.55. The van der Waals surface area contributed by atoms with E-state index in [1.54, 1.807) is 4.90 Å². The topological polar surface area (TPSA) is 87.4 Å². The van der Waals surface area contributed by atoms with E-state index in [1.165, 1.54) is 18.8 Å². The van der Waals surface area contributed by atoms with Gasteiger partial charge in [-0.1, -0.05) is 0 Å². The number of nitrogen functional groups attached to an aromatic ring is 1. The lowest BCUT2D eigenvalue weighted by molar-refractivity contribution is 0.0250. The van der Waals surface area contributed by atoms with Crippen molar-refractivity contribution < 1.29 is 4.79 Å². The molecule has 1 amide bonds. The van der Waals surface area contributed by atoms with E-state index in [0.29, 0.717) is 18.1 Å². The number of hydrazine groups is 1. The minimum atomic E-state index is -0.116. The highest BCUT2D eigenvalue weighted by molar-refractivity contribution is 5.92. The second-order valence-electron chi connectivity index (χ2n) is 5.56. The van der Waals surface area contributed by atoms with E-state index in [4.69, 9.17) is 5.84 Å². The number of nitrogens with zero attached hydrogens (tertiary/aromatic N) is 4. The minimum Gasteiger partial charge on any atom is -0.338 e. The summed E-state index contributed by atoms with van der Waals surface area (Å²) >= 11 is 0. The van der Waals surface area contributed by atoms with Gasteiger partial charge in [0.25, 0.3) is 5.91 Å². The van der Waals surface area contributed by atoms with Crippen molar-refractivity contribution in [1.29, 1.82) is 0 Å². The molecule has 1 aromatic rings. The van der Waals surface area contributed by atoms with Gasteiger partial charge in [0.2, 0.25) is 0 Å².